The molecule has 1 heterocycles. The number of carbonyl (C=O) groups excluding carboxylic acids is 1. The van der Waals surface area contributed by atoms with Crippen LogP contribution < -0.4 is 10.6 Å². The van der Waals surface area contributed by atoms with E-state index in [2.05, 4.69) is 0 Å². The van der Waals surface area contributed by atoms with Gasteiger partial charge in [-0.3, -0.25) is 4.79 Å². The van der Waals surface area contributed by atoms with Crippen molar-refractivity contribution in [3.63, 3.8) is 0 Å². The molecule has 20 heavy (non-hydrogen) atoms. The second-order valence-electron chi connectivity index (χ2n) is 4.71. The van der Waals surface area contributed by atoms with Crippen LogP contribution in [0.4, 0.5) is 5.69 Å². The summed E-state index contributed by atoms with van der Waals surface area (Å²) in [6.45, 7) is 0. The van der Waals surface area contributed by atoms with Gasteiger partial charge in [-0.2, -0.15) is 0 Å². The minimum absolute atomic E-state index is 0.0905. The van der Waals surface area contributed by atoms with Crippen LogP contribution in [0.1, 0.15) is 11.6 Å². The molecule has 5 heteroatoms. The summed E-state index contributed by atoms with van der Waals surface area (Å²) in [5, 5.41) is 1.29. The Balaban J connectivity index is 1.95. The summed E-state index contributed by atoms with van der Waals surface area (Å²) < 4.78 is 0. The Kier molecular flexibility index (Phi) is 3.42. The van der Waals surface area contributed by atoms with E-state index in [1.807, 2.05) is 24.3 Å². The number of halogens is 2. The molecule has 3 rings (SSSR count). The van der Waals surface area contributed by atoms with Gasteiger partial charge in [-0.1, -0.05) is 35.3 Å². The SMILES string of the molecule is NC1C(=O)N(c2ccc(Cl)cc2)C1c1ccc(Cl)cc1. The minimum Gasteiger partial charge on any atom is -0.318 e. The Morgan fingerprint density at radius 3 is 1.95 bits per heavy atom. The first kappa shape index (κ1) is 13.4. The Bertz CT molecular complexity index is 640. The van der Waals surface area contributed by atoms with Gasteiger partial charge in [0.2, 0.25) is 5.91 Å². The topological polar surface area (TPSA) is 46.3 Å². The molecule has 0 radical (unpaired) electrons. The number of β-lactam (4-membered cyclic amide) rings is 1. The molecule has 1 saturated heterocycles. The molecule has 1 fully saturated rings. The molecule has 2 aromatic rings. The van der Waals surface area contributed by atoms with Crippen LogP contribution in [-0.2, 0) is 4.79 Å². The molecule has 0 aromatic heterocycles. The quantitative estimate of drug-likeness (QED) is 0.864. The molecule has 0 spiro atoms. The Labute approximate surface area is 126 Å². The summed E-state index contributed by atoms with van der Waals surface area (Å²) in [6, 6.07) is 13.8. The van der Waals surface area contributed by atoms with Gasteiger partial charge in [0.25, 0.3) is 0 Å². The van der Waals surface area contributed by atoms with Crippen LogP contribution in [0.25, 0.3) is 0 Å². The van der Waals surface area contributed by atoms with Gasteiger partial charge in [-0.15, -0.1) is 0 Å². The molecule has 3 nitrogen and oxygen atoms in total. The molecule has 0 aliphatic carbocycles. The number of hydrogen-bond donors (Lipinski definition) is 1. The average Bonchev–Trinajstić information content (AvgIpc) is 2.46. The number of benzene rings is 2. The Morgan fingerprint density at radius 2 is 1.40 bits per heavy atom. The van der Waals surface area contributed by atoms with E-state index >= 15 is 0 Å². The van der Waals surface area contributed by atoms with Crippen molar-refractivity contribution >= 4 is 34.8 Å². The molecular formula is C15H12Cl2N2O. The largest absolute Gasteiger partial charge is 0.318 e. The van der Waals surface area contributed by atoms with Crippen LogP contribution in [0.5, 0.6) is 0 Å². The summed E-state index contributed by atoms with van der Waals surface area (Å²) in [5.41, 5.74) is 7.71. The van der Waals surface area contributed by atoms with E-state index in [0.717, 1.165) is 11.3 Å². The molecule has 2 N–H and O–H groups in total. The number of anilines is 1. The standard InChI is InChI=1S/C15H12Cl2N2O/c16-10-3-1-9(2-4-10)14-13(18)15(20)19(14)12-7-5-11(17)6-8-12/h1-8,13-14H,18H2. The van der Waals surface area contributed by atoms with Crippen molar-refractivity contribution < 1.29 is 4.79 Å². The van der Waals surface area contributed by atoms with E-state index < -0.39 is 6.04 Å². The summed E-state index contributed by atoms with van der Waals surface area (Å²) in [5.74, 6) is -0.0905. The Morgan fingerprint density at radius 1 is 0.900 bits per heavy atom. The normalized spacial score (nSPS) is 21.8. The summed E-state index contributed by atoms with van der Waals surface area (Å²) >= 11 is 11.8. The summed E-state index contributed by atoms with van der Waals surface area (Å²) in [4.78, 5) is 13.7. The third kappa shape index (κ3) is 2.18. The smallest absolute Gasteiger partial charge is 0.247 e. The molecule has 1 amide bonds. The number of nitrogens with two attached hydrogens (primary N) is 1. The van der Waals surface area contributed by atoms with Gasteiger partial charge in [0.15, 0.2) is 0 Å². The van der Waals surface area contributed by atoms with Crippen molar-refractivity contribution in [3.05, 3.63) is 64.1 Å². The van der Waals surface area contributed by atoms with Crippen molar-refractivity contribution in [2.45, 2.75) is 12.1 Å². The van der Waals surface area contributed by atoms with Crippen LogP contribution in [0.2, 0.25) is 10.0 Å². The monoisotopic (exact) mass is 306 g/mol. The highest BCUT2D eigenvalue weighted by Gasteiger charge is 2.46. The van der Waals surface area contributed by atoms with Gasteiger partial charge in [0, 0.05) is 15.7 Å². The van der Waals surface area contributed by atoms with Crippen molar-refractivity contribution in [2.24, 2.45) is 5.73 Å². The maximum Gasteiger partial charge on any atom is 0.247 e. The predicted molar refractivity (Wildman–Crippen MR) is 81.1 cm³/mol. The average molecular weight is 307 g/mol. The van der Waals surface area contributed by atoms with Gasteiger partial charge in [-0.25, -0.2) is 0 Å². The lowest BCUT2D eigenvalue weighted by Gasteiger charge is -2.45. The van der Waals surface area contributed by atoms with E-state index in [0.29, 0.717) is 10.0 Å². The van der Waals surface area contributed by atoms with E-state index in [1.165, 1.54) is 0 Å². The van der Waals surface area contributed by atoms with Gasteiger partial charge >= 0.3 is 0 Å². The Hall–Kier alpha value is -1.55. The highest BCUT2D eigenvalue weighted by Crippen LogP contribution is 2.38. The molecule has 2 atom stereocenters. The van der Waals surface area contributed by atoms with Crippen molar-refractivity contribution in [3.8, 4) is 0 Å². The maximum absolute atomic E-state index is 12.0. The van der Waals surface area contributed by atoms with Crippen molar-refractivity contribution in [1.82, 2.24) is 0 Å². The van der Waals surface area contributed by atoms with E-state index in [4.69, 9.17) is 28.9 Å². The fraction of sp³-hybridized carbons (Fsp3) is 0.133. The fourth-order valence-electron chi connectivity index (χ4n) is 2.42. The number of hydrogen-bond acceptors (Lipinski definition) is 2. The van der Waals surface area contributed by atoms with E-state index in [9.17, 15) is 4.79 Å². The molecule has 1 aliphatic rings. The lowest BCUT2D eigenvalue weighted by molar-refractivity contribution is -0.126. The zero-order chi connectivity index (χ0) is 14.3. The number of carbonyl (C=O) groups is 1. The van der Waals surface area contributed by atoms with Crippen molar-refractivity contribution in [1.29, 1.82) is 0 Å². The molecule has 2 aromatic carbocycles. The highest BCUT2D eigenvalue weighted by molar-refractivity contribution is 6.31. The lowest BCUT2D eigenvalue weighted by atomic mass is 9.88. The molecule has 2 unspecified atom stereocenters. The van der Waals surface area contributed by atoms with Crippen LogP contribution in [-0.4, -0.2) is 11.9 Å². The first-order valence-electron chi connectivity index (χ1n) is 6.17. The van der Waals surface area contributed by atoms with Crippen LogP contribution in [0, 0.1) is 0 Å². The van der Waals surface area contributed by atoms with Crippen LogP contribution in [0.3, 0.4) is 0 Å². The highest BCUT2D eigenvalue weighted by atomic mass is 35.5. The van der Waals surface area contributed by atoms with Crippen molar-refractivity contribution in [2.75, 3.05) is 4.90 Å². The van der Waals surface area contributed by atoms with Gasteiger partial charge in [0.1, 0.15) is 6.04 Å². The first-order chi connectivity index (χ1) is 9.58. The molecule has 102 valence electrons. The zero-order valence-corrected chi connectivity index (χ0v) is 12.0. The zero-order valence-electron chi connectivity index (χ0n) is 10.5. The van der Waals surface area contributed by atoms with Gasteiger partial charge < -0.3 is 10.6 Å². The number of amides is 1. The maximum atomic E-state index is 12.0. The predicted octanol–water partition coefficient (Wildman–Crippen LogP) is 3.41. The fourth-order valence-corrected chi connectivity index (χ4v) is 2.67. The minimum atomic E-state index is -0.521. The van der Waals surface area contributed by atoms with Crippen LogP contribution in [0.15, 0.2) is 48.5 Å². The second-order valence-corrected chi connectivity index (χ2v) is 5.58. The number of rotatable bonds is 2. The molecular weight excluding hydrogens is 295 g/mol. The number of nitrogens with zero attached hydrogens (tertiary/aromatic N) is 1. The second kappa shape index (κ2) is 5.09. The summed E-state index contributed by atoms with van der Waals surface area (Å²) in [6.07, 6.45) is 0. The first-order valence-corrected chi connectivity index (χ1v) is 6.93. The van der Waals surface area contributed by atoms with Gasteiger partial charge in [-0.05, 0) is 42.0 Å². The third-order valence-electron chi connectivity index (χ3n) is 3.46. The summed E-state index contributed by atoms with van der Waals surface area (Å²) in [7, 11) is 0. The third-order valence-corrected chi connectivity index (χ3v) is 3.96. The van der Waals surface area contributed by atoms with Crippen LogP contribution >= 0.6 is 23.2 Å². The molecule has 0 bridgehead atoms. The lowest BCUT2D eigenvalue weighted by Crippen LogP contribution is -2.63. The molecule has 1 aliphatic heterocycles. The van der Waals surface area contributed by atoms with Gasteiger partial charge in [0.05, 0.1) is 6.04 Å². The van der Waals surface area contributed by atoms with E-state index in [-0.39, 0.29) is 11.9 Å². The molecule has 0 saturated carbocycles. The van der Waals surface area contributed by atoms with E-state index in [1.54, 1.807) is 29.2 Å².